The highest BCUT2D eigenvalue weighted by molar-refractivity contribution is 7.89. The van der Waals surface area contributed by atoms with E-state index in [0.717, 1.165) is 24.0 Å². The zero-order chi connectivity index (χ0) is 15.7. The summed E-state index contributed by atoms with van der Waals surface area (Å²) in [6.45, 7) is 4.84. The molecule has 1 aromatic heterocycles. The van der Waals surface area contributed by atoms with E-state index >= 15 is 0 Å². The molecular weight excluding hydrogens is 322 g/mol. The van der Waals surface area contributed by atoms with Crippen LogP contribution in [-0.2, 0) is 10.0 Å². The van der Waals surface area contributed by atoms with Crippen LogP contribution in [0.15, 0.2) is 29.2 Å². The Morgan fingerprint density at radius 1 is 1.14 bits per heavy atom. The van der Waals surface area contributed by atoms with E-state index in [1.165, 1.54) is 11.5 Å². The van der Waals surface area contributed by atoms with Gasteiger partial charge in [-0.15, -0.1) is 0 Å². The quantitative estimate of drug-likeness (QED) is 0.890. The fourth-order valence-corrected chi connectivity index (χ4v) is 3.99. The summed E-state index contributed by atoms with van der Waals surface area (Å²) in [5, 5.41) is 6.22. The van der Waals surface area contributed by atoms with Gasteiger partial charge in [-0.25, -0.2) is 18.5 Å². The number of piperazine rings is 1. The maximum atomic E-state index is 11.7. The molecule has 2 aromatic rings. The molecule has 1 fully saturated rings. The van der Waals surface area contributed by atoms with Gasteiger partial charge in [0.05, 0.1) is 5.69 Å². The van der Waals surface area contributed by atoms with Crippen molar-refractivity contribution < 1.29 is 8.42 Å². The monoisotopic (exact) mass is 339 g/mol. The molecule has 22 heavy (non-hydrogen) atoms. The number of aromatic nitrogens is 2. The third-order valence-corrected chi connectivity index (χ3v) is 5.41. The molecule has 0 radical (unpaired) electrons. The molecule has 3 rings (SSSR count). The molecule has 0 spiro atoms. The Hall–Kier alpha value is -1.71. The van der Waals surface area contributed by atoms with Crippen LogP contribution in [0.25, 0.3) is 0 Å². The van der Waals surface area contributed by atoms with Crippen LogP contribution in [0.3, 0.4) is 0 Å². The summed E-state index contributed by atoms with van der Waals surface area (Å²) in [6, 6.07) is 6.85. The normalized spacial score (nSPS) is 16.1. The van der Waals surface area contributed by atoms with Crippen LogP contribution in [0.2, 0.25) is 0 Å². The number of rotatable bonds is 3. The van der Waals surface area contributed by atoms with Crippen molar-refractivity contribution >= 4 is 32.4 Å². The second-order valence-corrected chi connectivity index (χ2v) is 7.37. The molecule has 2 N–H and O–H groups in total. The van der Waals surface area contributed by atoms with E-state index in [0.29, 0.717) is 18.8 Å². The van der Waals surface area contributed by atoms with Crippen LogP contribution in [0.5, 0.6) is 0 Å². The molecule has 0 atom stereocenters. The molecule has 0 unspecified atom stereocenters. The van der Waals surface area contributed by atoms with E-state index in [-0.39, 0.29) is 4.90 Å². The molecule has 1 saturated heterocycles. The van der Waals surface area contributed by atoms with Gasteiger partial charge in [0.1, 0.15) is 10.7 Å². The number of hydrogen-bond donors (Lipinski definition) is 1. The van der Waals surface area contributed by atoms with Crippen molar-refractivity contribution in [1.29, 1.82) is 0 Å². The van der Waals surface area contributed by atoms with E-state index in [1.807, 2.05) is 17.9 Å². The lowest BCUT2D eigenvalue weighted by Crippen LogP contribution is -2.47. The standard InChI is InChI=1S/C13H17N5O2S2/c1-10-15-13(21-16-10)18-8-6-17(7-9-18)11-4-2-3-5-12(11)22(14,19)20/h2-5H,6-9H2,1H3,(H2,14,19,20). The Balaban J connectivity index is 1.77. The third kappa shape index (κ3) is 3.06. The molecular formula is C13H17N5O2S2. The highest BCUT2D eigenvalue weighted by Crippen LogP contribution is 2.26. The van der Waals surface area contributed by atoms with Crippen molar-refractivity contribution in [3.05, 3.63) is 30.1 Å². The summed E-state index contributed by atoms with van der Waals surface area (Å²) < 4.78 is 27.6. The summed E-state index contributed by atoms with van der Waals surface area (Å²) in [7, 11) is -3.72. The Morgan fingerprint density at radius 3 is 2.36 bits per heavy atom. The van der Waals surface area contributed by atoms with Crippen molar-refractivity contribution in [1.82, 2.24) is 9.36 Å². The Morgan fingerprint density at radius 2 is 1.77 bits per heavy atom. The smallest absolute Gasteiger partial charge is 0.240 e. The molecule has 1 aliphatic rings. The number of nitrogens with zero attached hydrogens (tertiary/aromatic N) is 4. The minimum Gasteiger partial charge on any atom is -0.367 e. The van der Waals surface area contributed by atoms with E-state index in [2.05, 4.69) is 14.3 Å². The Labute approximate surface area is 133 Å². The summed E-state index contributed by atoms with van der Waals surface area (Å²) in [5.74, 6) is 0.780. The van der Waals surface area contributed by atoms with Crippen LogP contribution >= 0.6 is 11.5 Å². The Kier molecular flexibility index (Phi) is 4.02. The van der Waals surface area contributed by atoms with E-state index < -0.39 is 10.0 Å². The molecule has 0 saturated carbocycles. The summed E-state index contributed by atoms with van der Waals surface area (Å²) in [4.78, 5) is 8.78. The predicted molar refractivity (Wildman–Crippen MR) is 86.9 cm³/mol. The Bertz CT molecular complexity index is 766. The van der Waals surface area contributed by atoms with Gasteiger partial charge in [-0.05, 0) is 19.1 Å². The fourth-order valence-electron chi connectivity index (χ4n) is 2.51. The van der Waals surface area contributed by atoms with Crippen LogP contribution in [-0.4, -0.2) is 44.0 Å². The molecule has 1 aliphatic heterocycles. The van der Waals surface area contributed by atoms with Crippen molar-refractivity contribution in [2.75, 3.05) is 36.0 Å². The molecule has 2 heterocycles. The average Bonchev–Trinajstić information content (AvgIpc) is 2.93. The van der Waals surface area contributed by atoms with Gasteiger partial charge in [0.15, 0.2) is 0 Å². The van der Waals surface area contributed by atoms with Gasteiger partial charge >= 0.3 is 0 Å². The number of sulfonamides is 1. The van der Waals surface area contributed by atoms with Gasteiger partial charge in [-0.3, -0.25) is 0 Å². The van der Waals surface area contributed by atoms with Crippen LogP contribution in [0.1, 0.15) is 5.82 Å². The van der Waals surface area contributed by atoms with Crippen LogP contribution in [0.4, 0.5) is 10.8 Å². The molecule has 7 nitrogen and oxygen atoms in total. The van der Waals surface area contributed by atoms with Crippen molar-refractivity contribution in [3.63, 3.8) is 0 Å². The minimum atomic E-state index is -3.72. The van der Waals surface area contributed by atoms with Crippen LogP contribution in [0, 0.1) is 6.92 Å². The number of anilines is 2. The lowest BCUT2D eigenvalue weighted by molar-refractivity contribution is 0.595. The van der Waals surface area contributed by atoms with Gasteiger partial charge in [0, 0.05) is 37.7 Å². The third-order valence-electron chi connectivity index (χ3n) is 3.58. The summed E-state index contributed by atoms with van der Waals surface area (Å²) >= 11 is 1.39. The summed E-state index contributed by atoms with van der Waals surface area (Å²) in [6.07, 6.45) is 0. The second kappa shape index (κ2) is 5.82. The zero-order valence-corrected chi connectivity index (χ0v) is 13.8. The fraction of sp³-hybridized carbons (Fsp3) is 0.385. The second-order valence-electron chi connectivity index (χ2n) is 5.11. The van der Waals surface area contributed by atoms with Crippen molar-refractivity contribution in [2.24, 2.45) is 5.14 Å². The molecule has 9 heteroatoms. The van der Waals surface area contributed by atoms with E-state index in [9.17, 15) is 8.42 Å². The first-order valence-corrected chi connectivity index (χ1v) is 9.19. The first-order chi connectivity index (χ1) is 10.4. The zero-order valence-electron chi connectivity index (χ0n) is 12.1. The van der Waals surface area contributed by atoms with Gasteiger partial charge in [0.25, 0.3) is 0 Å². The van der Waals surface area contributed by atoms with Crippen LogP contribution < -0.4 is 14.9 Å². The number of nitrogens with two attached hydrogens (primary N) is 1. The van der Waals surface area contributed by atoms with Gasteiger partial charge in [0.2, 0.25) is 15.2 Å². The largest absolute Gasteiger partial charge is 0.367 e. The van der Waals surface area contributed by atoms with Crippen molar-refractivity contribution in [3.8, 4) is 0 Å². The summed E-state index contributed by atoms with van der Waals surface area (Å²) in [5.41, 5.74) is 0.665. The molecule has 0 bridgehead atoms. The van der Waals surface area contributed by atoms with E-state index in [1.54, 1.807) is 18.2 Å². The topological polar surface area (TPSA) is 92.4 Å². The van der Waals surface area contributed by atoms with E-state index in [4.69, 9.17) is 5.14 Å². The highest BCUT2D eigenvalue weighted by Gasteiger charge is 2.23. The molecule has 1 aromatic carbocycles. The molecule has 118 valence electrons. The number of primary sulfonamides is 1. The first kappa shape index (κ1) is 15.2. The minimum absolute atomic E-state index is 0.176. The maximum Gasteiger partial charge on any atom is 0.240 e. The number of benzene rings is 1. The number of hydrogen-bond acceptors (Lipinski definition) is 7. The number of para-hydroxylation sites is 1. The molecule has 0 aliphatic carbocycles. The number of aryl methyl sites for hydroxylation is 1. The maximum absolute atomic E-state index is 11.7. The van der Waals surface area contributed by atoms with Gasteiger partial charge < -0.3 is 9.80 Å². The lowest BCUT2D eigenvalue weighted by atomic mass is 10.2. The van der Waals surface area contributed by atoms with Crippen molar-refractivity contribution in [2.45, 2.75) is 11.8 Å². The SMILES string of the molecule is Cc1nsc(N2CCN(c3ccccc3S(N)(=O)=O)CC2)n1. The molecule has 0 amide bonds. The predicted octanol–water partition coefficient (Wildman–Crippen LogP) is 0.821. The van der Waals surface area contributed by atoms with Gasteiger partial charge in [-0.2, -0.15) is 4.37 Å². The highest BCUT2D eigenvalue weighted by atomic mass is 32.2. The average molecular weight is 339 g/mol. The first-order valence-electron chi connectivity index (χ1n) is 6.87. The lowest BCUT2D eigenvalue weighted by Gasteiger charge is -2.36. The van der Waals surface area contributed by atoms with Gasteiger partial charge in [-0.1, -0.05) is 12.1 Å².